The van der Waals surface area contributed by atoms with Crippen LogP contribution in [0.25, 0.3) is 0 Å². The molecule has 9 heteroatoms. The van der Waals surface area contributed by atoms with Gasteiger partial charge in [0.25, 0.3) is 0 Å². The lowest BCUT2D eigenvalue weighted by Crippen LogP contribution is -2.29. The quantitative estimate of drug-likeness (QED) is 0.847. The van der Waals surface area contributed by atoms with Crippen molar-refractivity contribution in [3.63, 3.8) is 0 Å². The van der Waals surface area contributed by atoms with Crippen molar-refractivity contribution in [1.29, 1.82) is 0 Å². The highest BCUT2D eigenvalue weighted by molar-refractivity contribution is 7.97. The van der Waals surface area contributed by atoms with E-state index < -0.39 is 25.1 Å². The third kappa shape index (κ3) is 3.59. The van der Waals surface area contributed by atoms with Crippen LogP contribution in [-0.2, 0) is 19.9 Å². The van der Waals surface area contributed by atoms with Gasteiger partial charge in [0.2, 0.25) is 10.0 Å². The molecule has 7 nitrogen and oxygen atoms in total. The normalized spacial score (nSPS) is 21.0. The molecule has 0 saturated carbocycles. The first-order valence-electron chi connectivity index (χ1n) is 6.21. The molecule has 1 N–H and O–H groups in total. The first kappa shape index (κ1) is 15.9. The zero-order chi connectivity index (χ0) is 15.7. The lowest BCUT2D eigenvalue weighted by molar-refractivity contribution is 0.405. The standard InChI is InChI=1S/C12H17NO6S2/c1-18-9-3-4-12(19-2)11(7-9)13-21(16,17)10-5-6-20(14,15)8-10/h3-4,7,10,13H,5-6,8H2,1-2H3. The minimum absolute atomic E-state index is 0.101. The summed E-state index contributed by atoms with van der Waals surface area (Å²) in [6.45, 7) is 0. The van der Waals surface area contributed by atoms with E-state index in [1.54, 1.807) is 12.1 Å². The Balaban J connectivity index is 2.28. The van der Waals surface area contributed by atoms with Gasteiger partial charge in [-0.15, -0.1) is 0 Å². The van der Waals surface area contributed by atoms with E-state index in [1.807, 2.05) is 0 Å². The number of hydrogen-bond donors (Lipinski definition) is 1. The van der Waals surface area contributed by atoms with Gasteiger partial charge in [-0.3, -0.25) is 4.72 Å². The van der Waals surface area contributed by atoms with E-state index in [1.165, 1.54) is 20.3 Å². The number of sulfonamides is 1. The highest BCUT2D eigenvalue weighted by Crippen LogP contribution is 2.31. The van der Waals surface area contributed by atoms with Crippen molar-refractivity contribution in [2.45, 2.75) is 11.7 Å². The number of sulfone groups is 1. The third-order valence-electron chi connectivity index (χ3n) is 3.29. The second-order valence-electron chi connectivity index (χ2n) is 4.74. The fourth-order valence-corrected chi connectivity index (χ4v) is 6.23. The molecule has 0 aromatic heterocycles. The first-order valence-corrected chi connectivity index (χ1v) is 9.58. The summed E-state index contributed by atoms with van der Waals surface area (Å²) in [6, 6.07) is 4.69. The average Bonchev–Trinajstić information content (AvgIpc) is 2.79. The Morgan fingerprint density at radius 3 is 2.48 bits per heavy atom. The van der Waals surface area contributed by atoms with Gasteiger partial charge in [0, 0.05) is 6.07 Å². The number of anilines is 1. The van der Waals surface area contributed by atoms with Crippen molar-refractivity contribution in [2.75, 3.05) is 30.4 Å². The SMILES string of the molecule is COc1ccc(OC)c(NS(=O)(=O)C2CCS(=O)(=O)C2)c1. The molecule has 1 heterocycles. The number of methoxy groups -OCH3 is 2. The summed E-state index contributed by atoms with van der Waals surface area (Å²) in [5.41, 5.74) is 0.223. The molecule has 1 fully saturated rings. The van der Waals surface area contributed by atoms with Crippen LogP contribution in [-0.4, -0.2) is 47.8 Å². The maximum Gasteiger partial charge on any atom is 0.236 e. The van der Waals surface area contributed by atoms with Crippen molar-refractivity contribution in [3.05, 3.63) is 18.2 Å². The number of hydrogen-bond acceptors (Lipinski definition) is 6. The van der Waals surface area contributed by atoms with E-state index in [-0.39, 0.29) is 23.6 Å². The molecule has 1 aromatic carbocycles. The number of nitrogens with one attached hydrogen (secondary N) is 1. The van der Waals surface area contributed by atoms with E-state index in [0.717, 1.165) is 0 Å². The minimum atomic E-state index is -3.81. The third-order valence-corrected chi connectivity index (χ3v) is 7.05. The summed E-state index contributed by atoms with van der Waals surface area (Å²) >= 11 is 0. The molecule has 1 aromatic rings. The van der Waals surface area contributed by atoms with Crippen molar-refractivity contribution < 1.29 is 26.3 Å². The van der Waals surface area contributed by atoms with Crippen molar-refractivity contribution in [2.24, 2.45) is 0 Å². The smallest absolute Gasteiger partial charge is 0.236 e. The van der Waals surface area contributed by atoms with Gasteiger partial charge in [0.05, 0.1) is 36.7 Å². The van der Waals surface area contributed by atoms with Crippen LogP contribution in [0.3, 0.4) is 0 Å². The summed E-state index contributed by atoms with van der Waals surface area (Å²) in [4.78, 5) is 0. The Bertz CT molecular complexity index is 726. The van der Waals surface area contributed by atoms with Crippen LogP contribution in [0.4, 0.5) is 5.69 Å². The van der Waals surface area contributed by atoms with Gasteiger partial charge >= 0.3 is 0 Å². The number of benzene rings is 1. The summed E-state index contributed by atoms with van der Waals surface area (Å²) in [5.74, 6) is 0.343. The van der Waals surface area contributed by atoms with E-state index in [9.17, 15) is 16.8 Å². The van der Waals surface area contributed by atoms with E-state index >= 15 is 0 Å². The predicted octanol–water partition coefficient (Wildman–Crippen LogP) is 0.633. The molecule has 1 aliphatic rings. The Kier molecular flexibility index (Phi) is 4.33. The van der Waals surface area contributed by atoms with Crippen molar-refractivity contribution in [3.8, 4) is 11.5 Å². The van der Waals surface area contributed by atoms with E-state index in [4.69, 9.17) is 9.47 Å². The summed E-state index contributed by atoms with van der Waals surface area (Å²) < 4.78 is 60.0. The van der Waals surface area contributed by atoms with Gasteiger partial charge in [0.1, 0.15) is 11.5 Å². The highest BCUT2D eigenvalue weighted by Gasteiger charge is 2.37. The largest absolute Gasteiger partial charge is 0.497 e. The monoisotopic (exact) mass is 335 g/mol. The topological polar surface area (TPSA) is 98.8 Å². The second-order valence-corrected chi connectivity index (χ2v) is 8.93. The second kappa shape index (κ2) is 5.72. The molecule has 1 atom stereocenters. The zero-order valence-corrected chi connectivity index (χ0v) is 13.3. The van der Waals surface area contributed by atoms with Crippen LogP contribution in [0.15, 0.2) is 18.2 Å². The molecule has 1 unspecified atom stereocenters. The van der Waals surface area contributed by atoms with Gasteiger partial charge in [-0.25, -0.2) is 16.8 Å². The summed E-state index contributed by atoms with van der Waals surface area (Å²) in [5, 5.41) is -0.946. The van der Waals surface area contributed by atoms with Crippen LogP contribution < -0.4 is 14.2 Å². The molecule has 1 aliphatic heterocycles. The van der Waals surface area contributed by atoms with Crippen molar-refractivity contribution >= 4 is 25.5 Å². The van der Waals surface area contributed by atoms with Crippen LogP contribution in [0.5, 0.6) is 11.5 Å². The molecule has 118 valence electrons. The fraction of sp³-hybridized carbons (Fsp3) is 0.500. The van der Waals surface area contributed by atoms with Crippen LogP contribution >= 0.6 is 0 Å². The van der Waals surface area contributed by atoms with Gasteiger partial charge in [-0.2, -0.15) is 0 Å². The van der Waals surface area contributed by atoms with E-state index in [2.05, 4.69) is 4.72 Å². The Hall–Kier alpha value is -1.48. The van der Waals surface area contributed by atoms with Gasteiger partial charge in [-0.1, -0.05) is 0 Å². The van der Waals surface area contributed by atoms with Crippen LogP contribution in [0.2, 0.25) is 0 Å². The maximum atomic E-state index is 12.3. The van der Waals surface area contributed by atoms with Crippen LogP contribution in [0.1, 0.15) is 6.42 Å². The number of rotatable bonds is 5. The molecule has 2 rings (SSSR count). The van der Waals surface area contributed by atoms with Gasteiger partial charge in [-0.05, 0) is 18.6 Å². The van der Waals surface area contributed by atoms with Gasteiger partial charge in [0.15, 0.2) is 9.84 Å². The fourth-order valence-electron chi connectivity index (χ4n) is 2.14. The molecule has 0 spiro atoms. The molecular weight excluding hydrogens is 318 g/mol. The van der Waals surface area contributed by atoms with Gasteiger partial charge < -0.3 is 9.47 Å². The maximum absolute atomic E-state index is 12.3. The Morgan fingerprint density at radius 2 is 1.95 bits per heavy atom. The predicted molar refractivity (Wildman–Crippen MR) is 79.1 cm³/mol. The Labute approximate surface area is 124 Å². The molecular formula is C12H17NO6S2. The molecule has 21 heavy (non-hydrogen) atoms. The zero-order valence-electron chi connectivity index (χ0n) is 11.7. The van der Waals surface area contributed by atoms with Crippen molar-refractivity contribution in [1.82, 2.24) is 0 Å². The highest BCUT2D eigenvalue weighted by atomic mass is 32.2. The lowest BCUT2D eigenvalue weighted by Gasteiger charge is -2.15. The molecule has 0 bridgehead atoms. The molecule has 0 amide bonds. The average molecular weight is 335 g/mol. The summed E-state index contributed by atoms with van der Waals surface area (Å²) in [7, 11) is -4.20. The number of ether oxygens (including phenoxy) is 2. The van der Waals surface area contributed by atoms with E-state index in [0.29, 0.717) is 11.5 Å². The first-order chi connectivity index (χ1) is 9.77. The summed E-state index contributed by atoms with van der Waals surface area (Å²) in [6.07, 6.45) is 0.101. The molecule has 0 aliphatic carbocycles. The van der Waals surface area contributed by atoms with Crippen LogP contribution in [0, 0.1) is 0 Å². The molecule has 1 saturated heterocycles. The minimum Gasteiger partial charge on any atom is -0.497 e. The molecule has 0 radical (unpaired) electrons. The Morgan fingerprint density at radius 1 is 1.24 bits per heavy atom. The lowest BCUT2D eigenvalue weighted by atomic mass is 10.3.